The van der Waals surface area contributed by atoms with E-state index in [4.69, 9.17) is 11.6 Å². The number of aromatic nitrogens is 3. The van der Waals surface area contributed by atoms with Crippen molar-refractivity contribution in [1.82, 2.24) is 25.6 Å². The number of carbonyl (C=O) groups is 3. The highest BCUT2D eigenvalue weighted by molar-refractivity contribution is 6.29. The van der Waals surface area contributed by atoms with Gasteiger partial charge in [0.15, 0.2) is 0 Å². The van der Waals surface area contributed by atoms with E-state index in [0.717, 1.165) is 47.8 Å². The number of nitrogens with zero attached hydrogens (tertiary/aromatic N) is 2. The molecule has 1 aliphatic heterocycles. The molecule has 3 aromatic rings. The zero-order valence-electron chi connectivity index (χ0n) is 18.4. The second kappa shape index (κ2) is 9.42. The van der Waals surface area contributed by atoms with Gasteiger partial charge in [0.1, 0.15) is 16.6 Å². The molecule has 0 radical (unpaired) electrons. The number of anilines is 1. The van der Waals surface area contributed by atoms with Gasteiger partial charge in [-0.1, -0.05) is 11.6 Å². The Morgan fingerprint density at radius 3 is 2.56 bits per heavy atom. The number of piperidine rings is 1. The minimum atomic E-state index is -0.578. The molecule has 9 nitrogen and oxygen atoms in total. The van der Waals surface area contributed by atoms with Crippen molar-refractivity contribution in [1.29, 1.82) is 0 Å². The number of hydrogen-bond donors (Lipinski definition) is 4. The van der Waals surface area contributed by atoms with Gasteiger partial charge in [0.2, 0.25) is 17.7 Å². The van der Waals surface area contributed by atoms with Gasteiger partial charge in [-0.05, 0) is 55.5 Å². The van der Waals surface area contributed by atoms with Crippen LogP contribution in [0.25, 0.3) is 22.2 Å². The van der Waals surface area contributed by atoms with E-state index in [9.17, 15) is 14.4 Å². The van der Waals surface area contributed by atoms with Crippen molar-refractivity contribution in [3.8, 4) is 11.1 Å². The van der Waals surface area contributed by atoms with Crippen LogP contribution in [0.4, 0.5) is 5.82 Å². The second-order valence-electron chi connectivity index (χ2n) is 8.94. The Labute approximate surface area is 201 Å². The molecule has 0 aromatic carbocycles. The van der Waals surface area contributed by atoms with E-state index in [2.05, 4.69) is 30.9 Å². The molecule has 2 fully saturated rings. The van der Waals surface area contributed by atoms with Crippen LogP contribution in [0.1, 0.15) is 38.5 Å². The number of nitrogens with one attached hydrogen (secondary N) is 4. The van der Waals surface area contributed by atoms with Gasteiger partial charge >= 0.3 is 0 Å². The summed E-state index contributed by atoms with van der Waals surface area (Å²) in [5.41, 5.74) is 2.78. The third-order valence-electron chi connectivity index (χ3n) is 6.49. The molecular weight excluding hydrogens is 456 g/mol. The Balaban J connectivity index is 1.19. The van der Waals surface area contributed by atoms with Crippen LogP contribution in [-0.2, 0) is 14.4 Å². The topological polar surface area (TPSA) is 129 Å². The Morgan fingerprint density at radius 2 is 1.79 bits per heavy atom. The zero-order chi connectivity index (χ0) is 23.7. The average Bonchev–Trinajstić information content (AvgIpc) is 3.24. The highest BCUT2D eigenvalue weighted by Gasteiger charge is 2.32. The summed E-state index contributed by atoms with van der Waals surface area (Å²) in [5.74, 6) is -0.858. The monoisotopic (exact) mass is 480 g/mol. The summed E-state index contributed by atoms with van der Waals surface area (Å²) in [6.07, 6.45) is 7.11. The highest BCUT2D eigenvalue weighted by atomic mass is 35.5. The molecule has 0 unspecified atom stereocenters. The van der Waals surface area contributed by atoms with E-state index in [-0.39, 0.29) is 42.6 Å². The summed E-state index contributed by atoms with van der Waals surface area (Å²) in [5, 5.41) is 10.2. The van der Waals surface area contributed by atoms with Crippen LogP contribution in [-0.4, -0.2) is 44.8 Å². The molecule has 34 heavy (non-hydrogen) atoms. The fourth-order valence-corrected chi connectivity index (χ4v) is 5.00. The maximum atomic E-state index is 12.5. The maximum Gasteiger partial charge on any atom is 0.227 e. The van der Waals surface area contributed by atoms with Crippen LogP contribution in [0.2, 0.25) is 5.15 Å². The van der Waals surface area contributed by atoms with Gasteiger partial charge < -0.3 is 15.6 Å². The summed E-state index contributed by atoms with van der Waals surface area (Å²) in [7, 11) is 0. The largest absolute Gasteiger partial charge is 0.367 e. The molecule has 4 N–H and O–H groups in total. The summed E-state index contributed by atoms with van der Waals surface area (Å²) < 4.78 is 0. The van der Waals surface area contributed by atoms with Crippen molar-refractivity contribution < 1.29 is 14.4 Å². The zero-order valence-corrected chi connectivity index (χ0v) is 19.2. The lowest BCUT2D eigenvalue weighted by Crippen LogP contribution is -2.47. The molecule has 2 aliphatic rings. The fourth-order valence-electron chi connectivity index (χ4n) is 4.79. The quantitative estimate of drug-likeness (QED) is 0.328. The van der Waals surface area contributed by atoms with Crippen molar-refractivity contribution >= 4 is 46.2 Å². The number of rotatable bonds is 5. The smallest absolute Gasteiger partial charge is 0.227 e. The standard InChI is InChI=1S/C24H25ClN6O3/c25-19-8-13(18-12-27-23-17(18)2-1-7-26-23)9-20(30-19)28-15-3-5-16(6-4-15)29-24(34)14-10-21(32)31-22(33)11-14/h1-2,7-9,12,14-16H,3-6,10-11H2,(H,26,27)(H,28,30)(H,29,34)(H,31,32,33)/t15-,16-. The summed E-state index contributed by atoms with van der Waals surface area (Å²) in [6, 6.07) is 7.98. The van der Waals surface area contributed by atoms with Gasteiger partial charge in [-0.2, -0.15) is 0 Å². The van der Waals surface area contributed by atoms with Crippen molar-refractivity contribution in [3.63, 3.8) is 0 Å². The van der Waals surface area contributed by atoms with E-state index in [0.29, 0.717) is 11.0 Å². The number of amides is 3. The van der Waals surface area contributed by atoms with Gasteiger partial charge in [-0.25, -0.2) is 9.97 Å². The van der Waals surface area contributed by atoms with Gasteiger partial charge in [-0.15, -0.1) is 0 Å². The van der Waals surface area contributed by atoms with Gasteiger partial charge in [0.25, 0.3) is 0 Å². The molecule has 4 heterocycles. The molecule has 0 atom stereocenters. The molecule has 1 aliphatic carbocycles. The van der Waals surface area contributed by atoms with E-state index in [1.54, 1.807) is 6.20 Å². The number of pyridine rings is 2. The van der Waals surface area contributed by atoms with Crippen LogP contribution in [0, 0.1) is 5.92 Å². The molecule has 10 heteroatoms. The molecule has 0 bridgehead atoms. The number of hydrogen-bond acceptors (Lipinski definition) is 6. The molecule has 1 saturated carbocycles. The molecule has 3 amide bonds. The van der Waals surface area contributed by atoms with Gasteiger partial charge in [0.05, 0.1) is 5.92 Å². The van der Waals surface area contributed by atoms with Crippen molar-refractivity contribution in [2.24, 2.45) is 5.92 Å². The maximum absolute atomic E-state index is 12.5. The van der Waals surface area contributed by atoms with Crippen LogP contribution < -0.4 is 16.0 Å². The van der Waals surface area contributed by atoms with Crippen molar-refractivity contribution in [2.45, 2.75) is 50.6 Å². The Morgan fingerprint density at radius 1 is 1.06 bits per heavy atom. The summed E-state index contributed by atoms with van der Waals surface area (Å²) in [6.45, 7) is 0. The lowest BCUT2D eigenvalue weighted by atomic mass is 9.89. The molecule has 5 rings (SSSR count). The molecular formula is C24H25ClN6O3. The van der Waals surface area contributed by atoms with Crippen LogP contribution in [0.5, 0.6) is 0 Å². The van der Waals surface area contributed by atoms with E-state index < -0.39 is 5.92 Å². The SMILES string of the molecule is O=C1CC(C(=O)N[C@H]2CC[C@H](Nc3cc(-c4c[nH]c5ncccc45)cc(Cl)n3)CC2)CC(=O)N1. The highest BCUT2D eigenvalue weighted by Crippen LogP contribution is 2.31. The fraction of sp³-hybridized carbons (Fsp3) is 0.375. The third kappa shape index (κ3) is 4.89. The normalized spacial score (nSPS) is 21.3. The first-order valence-corrected chi connectivity index (χ1v) is 11.8. The lowest BCUT2D eigenvalue weighted by molar-refractivity contribution is -0.140. The number of carbonyl (C=O) groups excluding carboxylic acids is 3. The van der Waals surface area contributed by atoms with Crippen molar-refractivity contribution in [2.75, 3.05) is 5.32 Å². The number of aromatic amines is 1. The van der Waals surface area contributed by atoms with Crippen molar-refractivity contribution in [3.05, 3.63) is 41.8 Å². The predicted molar refractivity (Wildman–Crippen MR) is 128 cm³/mol. The van der Waals surface area contributed by atoms with Crippen LogP contribution in [0.15, 0.2) is 36.7 Å². The first kappa shape index (κ1) is 22.3. The minimum Gasteiger partial charge on any atom is -0.367 e. The Kier molecular flexibility index (Phi) is 6.19. The van der Waals surface area contributed by atoms with Gasteiger partial charge in [0, 0.05) is 48.3 Å². The minimum absolute atomic E-state index is 0.0345. The number of H-pyrrole nitrogens is 1. The van der Waals surface area contributed by atoms with Crippen LogP contribution in [0.3, 0.4) is 0 Å². The summed E-state index contributed by atoms with van der Waals surface area (Å²) >= 11 is 6.33. The van der Waals surface area contributed by atoms with Crippen LogP contribution >= 0.6 is 11.6 Å². The van der Waals surface area contributed by atoms with E-state index in [1.807, 2.05) is 30.5 Å². The number of fused-ring (bicyclic) bond motifs is 1. The second-order valence-corrected chi connectivity index (χ2v) is 9.33. The first-order valence-electron chi connectivity index (χ1n) is 11.4. The molecule has 176 valence electrons. The summed E-state index contributed by atoms with van der Waals surface area (Å²) in [4.78, 5) is 47.6. The molecule has 1 saturated heterocycles. The molecule has 3 aromatic heterocycles. The third-order valence-corrected chi connectivity index (χ3v) is 6.69. The predicted octanol–water partition coefficient (Wildman–Crippen LogP) is 3.17. The lowest BCUT2D eigenvalue weighted by Gasteiger charge is -2.31. The Hall–Kier alpha value is -3.46. The average molecular weight is 481 g/mol. The number of imide groups is 1. The number of halogens is 1. The van der Waals surface area contributed by atoms with E-state index >= 15 is 0 Å². The first-order chi connectivity index (χ1) is 16.4. The molecule has 0 spiro atoms. The van der Waals surface area contributed by atoms with Gasteiger partial charge in [-0.3, -0.25) is 19.7 Å². The van der Waals surface area contributed by atoms with E-state index in [1.165, 1.54) is 0 Å². The Bertz CT molecular complexity index is 1230.